The summed E-state index contributed by atoms with van der Waals surface area (Å²) < 4.78 is 0. The molecular formula is C20H35N5O4. The van der Waals surface area contributed by atoms with Crippen LogP contribution in [0.15, 0.2) is 0 Å². The molecule has 164 valence electrons. The van der Waals surface area contributed by atoms with Crippen LogP contribution in [0.3, 0.4) is 0 Å². The zero-order chi connectivity index (χ0) is 21.6. The first-order chi connectivity index (χ1) is 13.7. The first kappa shape index (κ1) is 23.0. The molecule has 29 heavy (non-hydrogen) atoms. The number of nitrogens with one attached hydrogen (secondary N) is 2. The number of amides is 5. The van der Waals surface area contributed by atoms with Crippen molar-refractivity contribution in [3.63, 3.8) is 0 Å². The average molecular weight is 410 g/mol. The Bertz CT molecular complexity index is 618. The van der Waals surface area contributed by atoms with E-state index in [1.807, 2.05) is 13.8 Å². The molecule has 0 aromatic rings. The van der Waals surface area contributed by atoms with Crippen LogP contribution in [0.2, 0.25) is 0 Å². The lowest BCUT2D eigenvalue weighted by Crippen LogP contribution is -2.64. The van der Waals surface area contributed by atoms with E-state index in [0.29, 0.717) is 18.9 Å². The second-order valence-electron chi connectivity index (χ2n) is 8.48. The van der Waals surface area contributed by atoms with Crippen molar-refractivity contribution in [2.24, 2.45) is 11.7 Å². The third-order valence-corrected chi connectivity index (χ3v) is 5.76. The number of piperazine rings is 1. The van der Waals surface area contributed by atoms with Gasteiger partial charge < -0.3 is 26.2 Å². The molecule has 0 spiro atoms. The summed E-state index contributed by atoms with van der Waals surface area (Å²) in [6, 6.07) is -2.07. The summed E-state index contributed by atoms with van der Waals surface area (Å²) in [5, 5.41) is 5.55. The van der Waals surface area contributed by atoms with Crippen molar-refractivity contribution in [3.05, 3.63) is 0 Å². The van der Waals surface area contributed by atoms with Crippen LogP contribution in [0.5, 0.6) is 0 Å². The smallest absolute Gasteiger partial charge is 0.318 e. The normalized spacial score (nSPS) is 21.6. The molecule has 9 heteroatoms. The van der Waals surface area contributed by atoms with Crippen LogP contribution in [0.1, 0.15) is 59.3 Å². The van der Waals surface area contributed by atoms with Gasteiger partial charge in [-0.25, -0.2) is 4.79 Å². The van der Waals surface area contributed by atoms with Gasteiger partial charge in [0.15, 0.2) is 0 Å². The maximum Gasteiger partial charge on any atom is 0.318 e. The molecule has 1 aliphatic heterocycles. The Labute approximate surface area is 172 Å². The standard InChI is InChI=1S/C20H35N5O4/c1-13(2)22-20(29)25-10-9-24(14(3)26)12-17(25)19(28)23-16(18(21)27)11-15-7-5-4-6-8-15/h13,15-17H,4-12H2,1-3H3,(H2,21,27)(H,22,29)(H,23,28)/t16-,17-/m0/s1. The summed E-state index contributed by atoms with van der Waals surface area (Å²) in [7, 11) is 0. The molecule has 2 aliphatic rings. The molecule has 2 rings (SSSR count). The molecule has 0 bridgehead atoms. The predicted octanol–water partition coefficient (Wildman–Crippen LogP) is 0.578. The Kier molecular flexibility index (Phi) is 8.28. The van der Waals surface area contributed by atoms with Gasteiger partial charge in [-0.2, -0.15) is 0 Å². The minimum absolute atomic E-state index is 0.0817. The predicted molar refractivity (Wildman–Crippen MR) is 109 cm³/mol. The SMILES string of the molecule is CC(=O)N1CCN(C(=O)NC(C)C)[C@H](C(=O)N[C@@H](CC2CCCCC2)C(N)=O)C1. The molecule has 0 aromatic carbocycles. The second-order valence-corrected chi connectivity index (χ2v) is 8.48. The number of carbonyl (C=O) groups excluding carboxylic acids is 4. The van der Waals surface area contributed by atoms with Crippen LogP contribution in [0.25, 0.3) is 0 Å². The lowest BCUT2D eigenvalue weighted by atomic mass is 9.84. The van der Waals surface area contributed by atoms with Gasteiger partial charge in [0, 0.05) is 26.1 Å². The Morgan fingerprint density at radius 2 is 1.69 bits per heavy atom. The molecule has 1 saturated carbocycles. The minimum atomic E-state index is -0.861. The van der Waals surface area contributed by atoms with E-state index in [-0.39, 0.29) is 31.1 Å². The zero-order valence-electron chi connectivity index (χ0n) is 17.8. The topological polar surface area (TPSA) is 125 Å². The van der Waals surface area contributed by atoms with Crippen molar-refractivity contribution < 1.29 is 19.2 Å². The molecule has 0 radical (unpaired) electrons. The molecule has 1 heterocycles. The number of primary amides is 1. The van der Waals surface area contributed by atoms with Crippen molar-refractivity contribution in [3.8, 4) is 0 Å². The van der Waals surface area contributed by atoms with E-state index in [2.05, 4.69) is 10.6 Å². The molecule has 1 aliphatic carbocycles. The van der Waals surface area contributed by atoms with E-state index in [1.165, 1.54) is 18.2 Å². The molecule has 2 atom stereocenters. The van der Waals surface area contributed by atoms with Gasteiger partial charge in [-0.05, 0) is 26.2 Å². The number of rotatable bonds is 6. The first-order valence-electron chi connectivity index (χ1n) is 10.6. The summed E-state index contributed by atoms with van der Waals surface area (Å²) in [5.41, 5.74) is 5.56. The van der Waals surface area contributed by atoms with Crippen LogP contribution in [0.4, 0.5) is 4.79 Å². The number of nitrogens with zero attached hydrogens (tertiary/aromatic N) is 2. The Hall–Kier alpha value is -2.32. The van der Waals surface area contributed by atoms with Crippen molar-refractivity contribution >= 4 is 23.8 Å². The fourth-order valence-corrected chi connectivity index (χ4v) is 4.14. The summed E-state index contributed by atoms with van der Waals surface area (Å²) in [4.78, 5) is 52.4. The van der Waals surface area contributed by atoms with Crippen LogP contribution in [-0.4, -0.2) is 71.3 Å². The highest BCUT2D eigenvalue weighted by molar-refractivity contribution is 5.92. The van der Waals surface area contributed by atoms with Crippen molar-refractivity contribution in [2.75, 3.05) is 19.6 Å². The van der Waals surface area contributed by atoms with Crippen molar-refractivity contribution in [1.82, 2.24) is 20.4 Å². The van der Waals surface area contributed by atoms with Gasteiger partial charge in [-0.3, -0.25) is 14.4 Å². The summed E-state index contributed by atoms with van der Waals surface area (Å²) in [5.74, 6) is -0.807. The Balaban J connectivity index is 2.10. The van der Waals surface area contributed by atoms with Gasteiger partial charge in [-0.1, -0.05) is 32.1 Å². The lowest BCUT2D eigenvalue weighted by molar-refractivity contribution is -0.137. The summed E-state index contributed by atoms with van der Waals surface area (Å²) >= 11 is 0. The number of hydrogen-bond acceptors (Lipinski definition) is 4. The van der Waals surface area contributed by atoms with E-state index in [0.717, 1.165) is 25.7 Å². The largest absolute Gasteiger partial charge is 0.368 e. The van der Waals surface area contributed by atoms with E-state index in [4.69, 9.17) is 5.73 Å². The Morgan fingerprint density at radius 3 is 2.24 bits per heavy atom. The minimum Gasteiger partial charge on any atom is -0.368 e. The molecule has 0 unspecified atom stereocenters. The van der Waals surface area contributed by atoms with Crippen molar-refractivity contribution in [1.29, 1.82) is 0 Å². The van der Waals surface area contributed by atoms with Crippen LogP contribution in [0, 0.1) is 5.92 Å². The Morgan fingerprint density at radius 1 is 1.03 bits per heavy atom. The van der Waals surface area contributed by atoms with E-state index < -0.39 is 23.9 Å². The monoisotopic (exact) mass is 409 g/mol. The van der Waals surface area contributed by atoms with Gasteiger partial charge in [0.05, 0.1) is 6.54 Å². The van der Waals surface area contributed by atoms with E-state index in [9.17, 15) is 19.2 Å². The molecule has 9 nitrogen and oxygen atoms in total. The molecule has 1 saturated heterocycles. The summed E-state index contributed by atoms with van der Waals surface area (Å²) in [6.07, 6.45) is 6.04. The molecule has 5 amide bonds. The quantitative estimate of drug-likeness (QED) is 0.593. The fraction of sp³-hybridized carbons (Fsp3) is 0.800. The molecular weight excluding hydrogens is 374 g/mol. The average Bonchev–Trinajstić information content (AvgIpc) is 2.67. The fourth-order valence-electron chi connectivity index (χ4n) is 4.14. The molecule has 0 aromatic heterocycles. The highest BCUT2D eigenvalue weighted by atomic mass is 16.2. The number of urea groups is 1. The van der Waals surface area contributed by atoms with Crippen LogP contribution < -0.4 is 16.4 Å². The molecule has 4 N–H and O–H groups in total. The second kappa shape index (κ2) is 10.5. The maximum atomic E-state index is 13.0. The third-order valence-electron chi connectivity index (χ3n) is 5.76. The van der Waals surface area contributed by atoms with Gasteiger partial charge in [-0.15, -0.1) is 0 Å². The van der Waals surface area contributed by atoms with Gasteiger partial charge in [0.25, 0.3) is 0 Å². The zero-order valence-corrected chi connectivity index (χ0v) is 17.8. The van der Waals surface area contributed by atoms with Crippen LogP contribution >= 0.6 is 0 Å². The molecule has 2 fully saturated rings. The van der Waals surface area contributed by atoms with Gasteiger partial charge in [0.2, 0.25) is 17.7 Å². The van der Waals surface area contributed by atoms with Crippen molar-refractivity contribution in [2.45, 2.75) is 77.4 Å². The first-order valence-corrected chi connectivity index (χ1v) is 10.6. The maximum absolute atomic E-state index is 13.0. The lowest BCUT2D eigenvalue weighted by Gasteiger charge is -2.40. The van der Waals surface area contributed by atoms with Gasteiger partial charge in [0.1, 0.15) is 12.1 Å². The highest BCUT2D eigenvalue weighted by Crippen LogP contribution is 2.27. The van der Waals surface area contributed by atoms with E-state index >= 15 is 0 Å². The summed E-state index contributed by atoms with van der Waals surface area (Å²) in [6.45, 7) is 5.83. The third kappa shape index (κ3) is 6.61. The van der Waals surface area contributed by atoms with Crippen LogP contribution in [-0.2, 0) is 14.4 Å². The van der Waals surface area contributed by atoms with E-state index in [1.54, 1.807) is 4.90 Å². The number of nitrogens with two attached hydrogens (primary N) is 1. The van der Waals surface area contributed by atoms with Gasteiger partial charge >= 0.3 is 6.03 Å². The number of hydrogen-bond donors (Lipinski definition) is 3. The highest BCUT2D eigenvalue weighted by Gasteiger charge is 2.38. The number of carbonyl (C=O) groups is 4.